The first-order valence-electron chi connectivity index (χ1n) is 7.42. The maximum Gasteiger partial charge on any atom is 0.130 e. The molecule has 0 spiro atoms. The summed E-state index contributed by atoms with van der Waals surface area (Å²) >= 11 is 0. The van der Waals surface area contributed by atoms with E-state index in [2.05, 4.69) is 18.7 Å². The van der Waals surface area contributed by atoms with Crippen molar-refractivity contribution in [2.45, 2.75) is 45.2 Å². The Morgan fingerprint density at radius 3 is 2.55 bits per heavy atom. The first kappa shape index (κ1) is 15.4. The Morgan fingerprint density at radius 1 is 1.30 bits per heavy atom. The van der Waals surface area contributed by atoms with Crippen LogP contribution in [0.2, 0.25) is 0 Å². The minimum absolute atomic E-state index is 0.400. The van der Waals surface area contributed by atoms with E-state index >= 15 is 0 Å². The normalized spacial score (nSPS) is 16.9. The third-order valence-corrected chi connectivity index (χ3v) is 3.85. The molecule has 1 atom stereocenters. The first-order valence-corrected chi connectivity index (χ1v) is 7.42. The lowest BCUT2D eigenvalue weighted by atomic mass is 10.1. The van der Waals surface area contributed by atoms with Crippen molar-refractivity contribution in [3.8, 4) is 0 Å². The van der Waals surface area contributed by atoms with Crippen LogP contribution in [0.25, 0.3) is 0 Å². The Morgan fingerprint density at radius 2 is 2.00 bits per heavy atom. The predicted octanol–water partition coefficient (Wildman–Crippen LogP) is 3.48. The zero-order valence-corrected chi connectivity index (χ0v) is 12.3. The molecule has 0 aromatic heterocycles. The SMILES string of the molecule is CC(C)CCN(CC(N)c1ccc(F)cc1F)C1CC1. The van der Waals surface area contributed by atoms with E-state index in [0.29, 0.717) is 24.1 Å². The quantitative estimate of drug-likeness (QED) is 0.829. The van der Waals surface area contributed by atoms with Crippen LogP contribution in [0.15, 0.2) is 18.2 Å². The van der Waals surface area contributed by atoms with Gasteiger partial charge in [-0.25, -0.2) is 8.78 Å². The molecule has 0 saturated heterocycles. The van der Waals surface area contributed by atoms with E-state index in [4.69, 9.17) is 5.73 Å². The first-order chi connectivity index (χ1) is 9.47. The Hall–Kier alpha value is -1.00. The van der Waals surface area contributed by atoms with Gasteiger partial charge in [-0.05, 0) is 37.8 Å². The molecule has 1 fully saturated rings. The highest BCUT2D eigenvalue weighted by Crippen LogP contribution is 2.29. The number of nitrogens with two attached hydrogens (primary N) is 1. The summed E-state index contributed by atoms with van der Waals surface area (Å²) in [4.78, 5) is 2.35. The second-order valence-corrected chi connectivity index (χ2v) is 6.18. The highest BCUT2D eigenvalue weighted by Gasteiger charge is 2.30. The van der Waals surface area contributed by atoms with Gasteiger partial charge in [-0.2, -0.15) is 0 Å². The fourth-order valence-electron chi connectivity index (χ4n) is 2.44. The van der Waals surface area contributed by atoms with Crippen molar-refractivity contribution in [3.05, 3.63) is 35.4 Å². The second kappa shape index (κ2) is 6.64. The van der Waals surface area contributed by atoms with Gasteiger partial charge >= 0.3 is 0 Å². The summed E-state index contributed by atoms with van der Waals surface area (Å²) in [5.41, 5.74) is 6.52. The Balaban J connectivity index is 1.98. The number of hydrogen-bond acceptors (Lipinski definition) is 2. The maximum absolute atomic E-state index is 13.7. The summed E-state index contributed by atoms with van der Waals surface area (Å²) < 4.78 is 26.7. The molecule has 0 aliphatic heterocycles. The van der Waals surface area contributed by atoms with Crippen LogP contribution in [0.1, 0.15) is 44.7 Å². The van der Waals surface area contributed by atoms with E-state index < -0.39 is 17.7 Å². The number of nitrogens with zero attached hydrogens (tertiary/aromatic N) is 1. The summed E-state index contributed by atoms with van der Waals surface area (Å²) in [6.45, 7) is 6.04. The Labute approximate surface area is 120 Å². The molecule has 1 unspecified atom stereocenters. The smallest absolute Gasteiger partial charge is 0.130 e. The van der Waals surface area contributed by atoms with Crippen LogP contribution < -0.4 is 5.73 Å². The molecule has 1 aromatic rings. The van der Waals surface area contributed by atoms with E-state index in [1.807, 2.05) is 0 Å². The van der Waals surface area contributed by atoms with Crippen LogP contribution in [0.3, 0.4) is 0 Å². The van der Waals surface area contributed by atoms with Crippen molar-refractivity contribution in [2.75, 3.05) is 13.1 Å². The summed E-state index contributed by atoms with van der Waals surface area (Å²) in [5.74, 6) is -0.454. The predicted molar refractivity (Wildman–Crippen MR) is 77.3 cm³/mol. The van der Waals surface area contributed by atoms with Crippen molar-refractivity contribution < 1.29 is 8.78 Å². The third-order valence-electron chi connectivity index (χ3n) is 3.85. The van der Waals surface area contributed by atoms with Gasteiger partial charge < -0.3 is 5.73 Å². The molecule has 0 bridgehead atoms. The lowest BCUT2D eigenvalue weighted by Gasteiger charge is -2.26. The van der Waals surface area contributed by atoms with Gasteiger partial charge in [0, 0.05) is 30.3 Å². The highest BCUT2D eigenvalue weighted by molar-refractivity contribution is 5.22. The maximum atomic E-state index is 13.7. The molecule has 1 aliphatic carbocycles. The molecule has 0 amide bonds. The number of rotatable bonds is 7. The minimum Gasteiger partial charge on any atom is -0.323 e. The highest BCUT2D eigenvalue weighted by atomic mass is 19.1. The molecule has 0 radical (unpaired) electrons. The van der Waals surface area contributed by atoms with Crippen molar-refractivity contribution in [3.63, 3.8) is 0 Å². The van der Waals surface area contributed by atoms with Gasteiger partial charge in [-0.1, -0.05) is 19.9 Å². The monoisotopic (exact) mass is 282 g/mol. The van der Waals surface area contributed by atoms with Crippen LogP contribution in [0, 0.1) is 17.6 Å². The van der Waals surface area contributed by atoms with E-state index in [0.717, 1.165) is 19.0 Å². The number of benzene rings is 1. The minimum atomic E-state index is -0.558. The van der Waals surface area contributed by atoms with Gasteiger partial charge in [0.25, 0.3) is 0 Å². The van der Waals surface area contributed by atoms with Crippen LogP contribution in [-0.2, 0) is 0 Å². The van der Waals surface area contributed by atoms with Gasteiger partial charge in [0.1, 0.15) is 11.6 Å². The van der Waals surface area contributed by atoms with Gasteiger partial charge in [0.15, 0.2) is 0 Å². The van der Waals surface area contributed by atoms with Crippen molar-refractivity contribution in [1.82, 2.24) is 4.90 Å². The van der Waals surface area contributed by atoms with Crippen LogP contribution >= 0.6 is 0 Å². The summed E-state index contributed by atoms with van der Waals surface area (Å²) in [7, 11) is 0. The van der Waals surface area contributed by atoms with E-state index in [1.54, 1.807) is 0 Å². The fraction of sp³-hybridized carbons (Fsp3) is 0.625. The molecule has 1 aliphatic rings. The van der Waals surface area contributed by atoms with Crippen LogP contribution in [-0.4, -0.2) is 24.0 Å². The lowest BCUT2D eigenvalue weighted by molar-refractivity contribution is 0.232. The summed E-state index contributed by atoms with van der Waals surface area (Å²) in [6.07, 6.45) is 3.53. The molecule has 2 nitrogen and oxygen atoms in total. The van der Waals surface area contributed by atoms with E-state index in [1.165, 1.54) is 25.0 Å². The van der Waals surface area contributed by atoms with Gasteiger partial charge in [-0.15, -0.1) is 0 Å². The molecule has 2 rings (SSSR count). The van der Waals surface area contributed by atoms with Gasteiger partial charge in [0.05, 0.1) is 0 Å². The average Bonchev–Trinajstić information content (AvgIpc) is 3.18. The van der Waals surface area contributed by atoms with Crippen molar-refractivity contribution in [1.29, 1.82) is 0 Å². The lowest BCUT2D eigenvalue weighted by Crippen LogP contribution is -2.35. The topological polar surface area (TPSA) is 29.3 Å². The molecular formula is C16H24F2N2. The van der Waals surface area contributed by atoms with Crippen LogP contribution in [0.5, 0.6) is 0 Å². The molecule has 20 heavy (non-hydrogen) atoms. The molecule has 1 saturated carbocycles. The second-order valence-electron chi connectivity index (χ2n) is 6.18. The zero-order chi connectivity index (χ0) is 14.7. The summed E-state index contributed by atoms with van der Waals surface area (Å²) in [6, 6.07) is 3.84. The van der Waals surface area contributed by atoms with Gasteiger partial charge in [-0.3, -0.25) is 4.90 Å². The molecule has 112 valence electrons. The summed E-state index contributed by atoms with van der Waals surface area (Å²) in [5, 5.41) is 0. The molecule has 2 N–H and O–H groups in total. The van der Waals surface area contributed by atoms with Crippen LogP contribution in [0.4, 0.5) is 8.78 Å². The number of hydrogen-bond donors (Lipinski definition) is 1. The zero-order valence-electron chi connectivity index (χ0n) is 12.3. The van der Waals surface area contributed by atoms with E-state index in [9.17, 15) is 8.78 Å². The largest absolute Gasteiger partial charge is 0.323 e. The fourth-order valence-corrected chi connectivity index (χ4v) is 2.44. The van der Waals surface area contributed by atoms with Crippen molar-refractivity contribution >= 4 is 0 Å². The Bertz CT molecular complexity index is 444. The average molecular weight is 282 g/mol. The third kappa shape index (κ3) is 4.25. The molecule has 1 aromatic carbocycles. The van der Waals surface area contributed by atoms with Gasteiger partial charge in [0.2, 0.25) is 0 Å². The molecule has 0 heterocycles. The van der Waals surface area contributed by atoms with Crippen molar-refractivity contribution in [2.24, 2.45) is 11.7 Å². The molecular weight excluding hydrogens is 258 g/mol. The Kier molecular flexibility index (Phi) is 5.11. The van der Waals surface area contributed by atoms with E-state index in [-0.39, 0.29) is 0 Å². The number of halogens is 2. The molecule has 4 heteroatoms. The standard InChI is InChI=1S/C16H24F2N2/c1-11(2)7-8-20(13-4-5-13)10-16(19)14-6-3-12(17)9-15(14)18/h3,6,9,11,13,16H,4-5,7-8,10,19H2,1-2H3.